The van der Waals surface area contributed by atoms with E-state index in [4.69, 9.17) is 4.98 Å². The van der Waals surface area contributed by atoms with Gasteiger partial charge in [-0.15, -0.1) is 0 Å². The number of rotatable bonds is 7. The quantitative estimate of drug-likeness (QED) is 0.341. The number of halogens is 2. The Morgan fingerprint density at radius 3 is 2.67 bits per heavy atom. The summed E-state index contributed by atoms with van der Waals surface area (Å²) in [4.78, 5) is 37.0. The average Bonchev–Trinajstić information content (AvgIpc) is 3.58. The van der Waals surface area contributed by atoms with Crippen LogP contribution in [0.15, 0.2) is 30.5 Å². The minimum absolute atomic E-state index is 0.0190. The zero-order valence-electron chi connectivity index (χ0n) is 25.2. The number of benzene rings is 1. The number of pyridine rings is 1. The van der Waals surface area contributed by atoms with Gasteiger partial charge in [0.25, 0.3) is 0 Å². The number of carbonyl (C=O) groups is 1. The topological polar surface area (TPSA) is 95.3 Å². The number of likely N-dealkylation sites (tertiary alicyclic amines) is 1. The maximum absolute atomic E-state index is 15.1. The van der Waals surface area contributed by atoms with Crippen molar-refractivity contribution in [1.82, 2.24) is 39.2 Å². The van der Waals surface area contributed by atoms with Gasteiger partial charge in [-0.25, -0.2) is 28.7 Å². The molecular formula is C31H37F2N9O. The average molecular weight is 590 g/mol. The molecule has 1 unspecified atom stereocenters. The van der Waals surface area contributed by atoms with Crippen molar-refractivity contribution < 1.29 is 13.6 Å². The Hall–Kier alpha value is -4.03. The largest absolute Gasteiger partial charge is 0.337 e. The first-order valence-electron chi connectivity index (χ1n) is 14.7. The van der Waals surface area contributed by atoms with E-state index in [2.05, 4.69) is 44.2 Å². The van der Waals surface area contributed by atoms with Gasteiger partial charge in [-0.3, -0.25) is 9.69 Å². The highest BCUT2D eigenvalue weighted by Gasteiger charge is 2.28. The minimum atomic E-state index is -0.661. The first-order chi connectivity index (χ1) is 20.6. The fourth-order valence-corrected chi connectivity index (χ4v) is 6.17. The predicted molar refractivity (Wildman–Crippen MR) is 161 cm³/mol. The Kier molecular flexibility index (Phi) is 7.82. The summed E-state index contributed by atoms with van der Waals surface area (Å²) < 4.78 is 31.9. The highest BCUT2D eigenvalue weighted by molar-refractivity contribution is 5.83. The number of imidazole rings is 1. The van der Waals surface area contributed by atoms with Crippen LogP contribution in [0.25, 0.3) is 22.3 Å². The van der Waals surface area contributed by atoms with Crippen LogP contribution in [0.3, 0.4) is 0 Å². The summed E-state index contributed by atoms with van der Waals surface area (Å²) >= 11 is 0. The maximum Gasteiger partial charge on any atom is 0.237 e. The molecule has 0 radical (unpaired) electrons. The van der Waals surface area contributed by atoms with Gasteiger partial charge >= 0.3 is 0 Å². The van der Waals surface area contributed by atoms with Gasteiger partial charge < -0.3 is 19.7 Å². The molecule has 12 heteroatoms. The lowest BCUT2D eigenvalue weighted by atomic mass is 10.1. The lowest BCUT2D eigenvalue weighted by Gasteiger charge is -2.30. The van der Waals surface area contributed by atoms with Crippen molar-refractivity contribution >= 4 is 28.7 Å². The second-order valence-corrected chi connectivity index (χ2v) is 12.0. The molecule has 4 aromatic rings. The molecule has 5 heterocycles. The van der Waals surface area contributed by atoms with E-state index in [1.54, 1.807) is 12.1 Å². The minimum Gasteiger partial charge on any atom is -0.337 e. The van der Waals surface area contributed by atoms with Crippen molar-refractivity contribution in [1.29, 1.82) is 0 Å². The smallest absolute Gasteiger partial charge is 0.237 e. The van der Waals surface area contributed by atoms with Gasteiger partial charge in [-0.1, -0.05) is 6.07 Å². The molecule has 1 aromatic carbocycles. The van der Waals surface area contributed by atoms with E-state index in [-0.39, 0.29) is 29.1 Å². The van der Waals surface area contributed by atoms with Crippen molar-refractivity contribution in [2.45, 2.75) is 52.2 Å². The number of carbonyl (C=O) groups excluding carboxylic acids is 1. The molecule has 6 rings (SSSR count). The van der Waals surface area contributed by atoms with Gasteiger partial charge in [-0.2, -0.15) is 0 Å². The summed E-state index contributed by atoms with van der Waals surface area (Å²) in [7, 11) is 4.17. The van der Waals surface area contributed by atoms with Crippen molar-refractivity contribution in [3.05, 3.63) is 59.2 Å². The first kappa shape index (κ1) is 29.1. The van der Waals surface area contributed by atoms with E-state index in [0.29, 0.717) is 54.8 Å². The number of hydrogen-bond acceptors (Lipinski definition) is 8. The maximum atomic E-state index is 15.1. The molecule has 0 bridgehead atoms. The molecule has 1 fully saturated rings. The summed E-state index contributed by atoms with van der Waals surface area (Å²) in [6.45, 7) is 9.21. The lowest BCUT2D eigenvalue weighted by molar-refractivity contribution is -0.133. The van der Waals surface area contributed by atoms with Crippen molar-refractivity contribution in [2.75, 3.05) is 45.6 Å². The number of likely N-dealkylation sites (N-methyl/N-ethyl adjacent to an activating group) is 1. The third-order valence-electron chi connectivity index (χ3n) is 8.44. The standard InChI is InChI=1S/C31H37F2N9O/c1-18(2)42-19(3)35-30-23(32)12-21(13-26(30)42)29-24(33)14-34-31(38-29)37-27-7-6-20-15-41(11-9-25(20)36-27)28(43)17-40-10-8-22(16-40)39(4)5/h6-7,12-14,18,22H,8-11,15-17H2,1-5H3,(H,34,36,37,38). The van der Waals surface area contributed by atoms with Crippen LogP contribution < -0.4 is 5.32 Å². The number of hydrogen-bond donors (Lipinski definition) is 1. The normalized spacial score (nSPS) is 17.3. The molecule has 3 aromatic heterocycles. The fourth-order valence-electron chi connectivity index (χ4n) is 6.17. The molecule has 0 spiro atoms. The van der Waals surface area contributed by atoms with E-state index < -0.39 is 11.6 Å². The van der Waals surface area contributed by atoms with Crippen LogP contribution in [0.5, 0.6) is 0 Å². The highest BCUT2D eigenvalue weighted by atomic mass is 19.1. The van der Waals surface area contributed by atoms with E-state index in [0.717, 1.165) is 37.0 Å². The molecule has 226 valence electrons. The summed E-state index contributed by atoms with van der Waals surface area (Å²) in [6.07, 6.45) is 2.78. The summed E-state index contributed by atoms with van der Waals surface area (Å²) in [5.41, 5.74) is 3.00. The van der Waals surface area contributed by atoms with Crippen molar-refractivity contribution in [2.24, 2.45) is 0 Å². The Balaban J connectivity index is 1.17. The van der Waals surface area contributed by atoms with Crippen LogP contribution in [0.2, 0.25) is 0 Å². The molecule has 1 atom stereocenters. The van der Waals surface area contributed by atoms with Gasteiger partial charge in [0.1, 0.15) is 22.9 Å². The molecule has 0 aliphatic carbocycles. The second kappa shape index (κ2) is 11.6. The number of anilines is 2. The molecule has 10 nitrogen and oxygen atoms in total. The van der Waals surface area contributed by atoms with Crippen LogP contribution >= 0.6 is 0 Å². The van der Waals surface area contributed by atoms with Gasteiger partial charge in [-0.05, 0) is 65.0 Å². The number of aromatic nitrogens is 5. The van der Waals surface area contributed by atoms with Gasteiger partial charge in [0.2, 0.25) is 11.9 Å². The van der Waals surface area contributed by atoms with E-state index in [1.807, 2.05) is 36.3 Å². The number of amides is 1. The molecule has 43 heavy (non-hydrogen) atoms. The monoisotopic (exact) mass is 589 g/mol. The Bertz CT molecular complexity index is 1690. The van der Waals surface area contributed by atoms with E-state index in [1.165, 1.54) is 6.07 Å². The number of nitrogens with one attached hydrogen (secondary N) is 1. The Morgan fingerprint density at radius 2 is 1.93 bits per heavy atom. The molecule has 1 N–H and O–H groups in total. The molecule has 0 saturated carbocycles. The van der Waals surface area contributed by atoms with Gasteiger partial charge in [0, 0.05) is 55.9 Å². The second-order valence-electron chi connectivity index (χ2n) is 12.0. The SMILES string of the molecule is Cc1nc2c(F)cc(-c3nc(Nc4ccc5c(n4)CCN(C(=O)CN4CCC(N(C)C)C4)C5)ncc3F)cc2n1C(C)C. The Labute approximate surface area is 249 Å². The third kappa shape index (κ3) is 5.81. The lowest BCUT2D eigenvalue weighted by Crippen LogP contribution is -2.43. The number of nitrogens with zero attached hydrogens (tertiary/aromatic N) is 8. The zero-order chi connectivity index (χ0) is 30.4. The molecule has 1 saturated heterocycles. The van der Waals surface area contributed by atoms with Crippen LogP contribution in [0.4, 0.5) is 20.5 Å². The van der Waals surface area contributed by atoms with E-state index >= 15 is 4.39 Å². The summed E-state index contributed by atoms with van der Waals surface area (Å²) in [5, 5.41) is 3.07. The zero-order valence-corrected chi connectivity index (χ0v) is 25.2. The van der Waals surface area contributed by atoms with Crippen LogP contribution in [0.1, 0.15) is 43.4 Å². The highest BCUT2D eigenvalue weighted by Crippen LogP contribution is 2.31. The number of fused-ring (bicyclic) bond motifs is 2. The van der Waals surface area contributed by atoms with Gasteiger partial charge in [0.05, 0.1) is 18.3 Å². The van der Waals surface area contributed by atoms with Crippen molar-refractivity contribution in [3.8, 4) is 11.3 Å². The van der Waals surface area contributed by atoms with Crippen LogP contribution in [-0.4, -0.2) is 91.4 Å². The third-order valence-corrected chi connectivity index (χ3v) is 8.44. The predicted octanol–water partition coefficient (Wildman–Crippen LogP) is 4.32. The van der Waals surface area contributed by atoms with Crippen molar-refractivity contribution in [3.63, 3.8) is 0 Å². The molecule has 2 aliphatic rings. The molecular weight excluding hydrogens is 552 g/mol. The van der Waals surface area contributed by atoms with Crippen LogP contribution in [-0.2, 0) is 17.8 Å². The van der Waals surface area contributed by atoms with Crippen LogP contribution in [0, 0.1) is 18.6 Å². The summed E-state index contributed by atoms with van der Waals surface area (Å²) in [5.74, 6) is 0.281. The number of aryl methyl sites for hydroxylation is 1. The first-order valence-corrected chi connectivity index (χ1v) is 14.7. The van der Waals surface area contributed by atoms with Gasteiger partial charge in [0.15, 0.2) is 11.6 Å². The Morgan fingerprint density at radius 1 is 1.12 bits per heavy atom. The summed E-state index contributed by atoms with van der Waals surface area (Å²) in [6, 6.07) is 7.26. The van der Waals surface area contributed by atoms with E-state index in [9.17, 15) is 9.18 Å². The molecule has 2 aliphatic heterocycles. The molecule has 1 amide bonds. The fraction of sp³-hybridized carbons (Fsp3) is 0.452.